The molecule has 0 aromatic carbocycles. The van der Waals surface area contributed by atoms with Gasteiger partial charge in [-0.3, -0.25) is 4.98 Å². The molecule has 0 spiro atoms. The normalized spacial score (nSPS) is 11.4. The molecule has 0 unspecified atom stereocenters. The number of rotatable bonds is 3. The molecule has 19 heavy (non-hydrogen) atoms. The molecular weight excluding hydrogens is 236 g/mol. The number of nitrogens with one attached hydrogen (secondary N) is 1. The molecule has 0 saturated heterocycles. The first-order valence-corrected chi connectivity index (χ1v) is 6.55. The maximum Gasteiger partial charge on any atom is 0.136 e. The first-order valence-electron chi connectivity index (χ1n) is 6.55. The van der Waals surface area contributed by atoms with Crippen LogP contribution in [-0.2, 0) is 5.41 Å². The molecule has 2 aromatic heterocycles. The molecule has 0 aliphatic rings. The van der Waals surface area contributed by atoms with Crippen LogP contribution in [0.25, 0.3) is 11.4 Å². The second-order valence-corrected chi connectivity index (χ2v) is 5.46. The third kappa shape index (κ3) is 3.28. The smallest absolute Gasteiger partial charge is 0.136 e. The van der Waals surface area contributed by atoms with Crippen molar-refractivity contribution in [2.75, 3.05) is 11.9 Å². The Balaban J connectivity index is 2.52. The van der Waals surface area contributed by atoms with E-state index >= 15 is 0 Å². The highest BCUT2D eigenvalue weighted by Crippen LogP contribution is 2.24. The summed E-state index contributed by atoms with van der Waals surface area (Å²) in [5, 5.41) is 3.25. The zero-order valence-corrected chi connectivity index (χ0v) is 11.9. The molecular formula is C15H20N4. The van der Waals surface area contributed by atoms with Crippen LogP contribution in [0.4, 0.5) is 5.82 Å². The summed E-state index contributed by atoms with van der Waals surface area (Å²) >= 11 is 0. The van der Waals surface area contributed by atoms with Crippen molar-refractivity contribution >= 4 is 5.82 Å². The van der Waals surface area contributed by atoms with Crippen LogP contribution in [0.5, 0.6) is 0 Å². The predicted molar refractivity (Wildman–Crippen MR) is 78.1 cm³/mol. The van der Waals surface area contributed by atoms with E-state index in [1.165, 1.54) is 0 Å². The van der Waals surface area contributed by atoms with Gasteiger partial charge in [0.25, 0.3) is 0 Å². The van der Waals surface area contributed by atoms with E-state index in [2.05, 4.69) is 48.0 Å². The molecule has 4 heteroatoms. The van der Waals surface area contributed by atoms with Crippen molar-refractivity contribution < 1.29 is 0 Å². The van der Waals surface area contributed by atoms with Gasteiger partial charge in [-0.15, -0.1) is 0 Å². The number of aromatic nitrogens is 3. The molecule has 2 rings (SSSR count). The van der Waals surface area contributed by atoms with Gasteiger partial charge in [0.2, 0.25) is 0 Å². The molecule has 1 N–H and O–H groups in total. The van der Waals surface area contributed by atoms with Crippen LogP contribution in [-0.4, -0.2) is 21.5 Å². The van der Waals surface area contributed by atoms with E-state index in [9.17, 15) is 0 Å². The van der Waals surface area contributed by atoms with Crippen molar-refractivity contribution in [1.82, 2.24) is 15.0 Å². The Kier molecular flexibility index (Phi) is 3.79. The molecule has 2 aromatic rings. The number of nitrogens with zero attached hydrogens (tertiary/aromatic N) is 3. The molecule has 0 radical (unpaired) electrons. The zero-order valence-electron chi connectivity index (χ0n) is 11.9. The van der Waals surface area contributed by atoms with Gasteiger partial charge in [-0.1, -0.05) is 26.8 Å². The number of anilines is 1. The van der Waals surface area contributed by atoms with E-state index in [1.807, 2.05) is 24.3 Å². The topological polar surface area (TPSA) is 50.7 Å². The highest BCUT2D eigenvalue weighted by molar-refractivity contribution is 5.58. The Morgan fingerprint density at radius 2 is 1.89 bits per heavy atom. The Morgan fingerprint density at radius 1 is 1.11 bits per heavy atom. The van der Waals surface area contributed by atoms with Crippen molar-refractivity contribution in [2.24, 2.45) is 0 Å². The largest absolute Gasteiger partial charge is 0.370 e. The van der Waals surface area contributed by atoms with Crippen molar-refractivity contribution in [3.63, 3.8) is 0 Å². The standard InChI is InChI=1S/C15H20N4/c1-5-16-13-10-12(11-8-6-7-9-17-11)18-14(19-13)15(2,3)4/h6-10H,5H2,1-4H3,(H,16,18,19). The lowest BCUT2D eigenvalue weighted by atomic mass is 9.95. The van der Waals surface area contributed by atoms with E-state index in [0.29, 0.717) is 0 Å². The molecule has 0 amide bonds. The van der Waals surface area contributed by atoms with Gasteiger partial charge in [-0.25, -0.2) is 9.97 Å². The molecule has 100 valence electrons. The fourth-order valence-electron chi connectivity index (χ4n) is 1.70. The van der Waals surface area contributed by atoms with E-state index in [4.69, 9.17) is 0 Å². The summed E-state index contributed by atoms with van der Waals surface area (Å²) in [4.78, 5) is 13.6. The van der Waals surface area contributed by atoms with Crippen LogP contribution in [0, 0.1) is 0 Å². The maximum atomic E-state index is 4.64. The van der Waals surface area contributed by atoms with Crippen molar-refractivity contribution in [1.29, 1.82) is 0 Å². The fourth-order valence-corrected chi connectivity index (χ4v) is 1.70. The van der Waals surface area contributed by atoms with Gasteiger partial charge >= 0.3 is 0 Å². The first kappa shape index (κ1) is 13.5. The van der Waals surface area contributed by atoms with Gasteiger partial charge in [0.1, 0.15) is 11.6 Å². The van der Waals surface area contributed by atoms with Crippen molar-refractivity contribution in [2.45, 2.75) is 33.1 Å². The molecule has 0 bridgehead atoms. The third-order valence-corrected chi connectivity index (χ3v) is 2.68. The second kappa shape index (κ2) is 5.34. The zero-order chi connectivity index (χ0) is 13.9. The lowest BCUT2D eigenvalue weighted by Gasteiger charge is -2.18. The molecule has 0 atom stereocenters. The quantitative estimate of drug-likeness (QED) is 0.915. The SMILES string of the molecule is CCNc1cc(-c2ccccn2)nc(C(C)(C)C)n1. The Bertz CT molecular complexity index is 544. The van der Waals surface area contributed by atoms with Crippen LogP contribution in [0.3, 0.4) is 0 Å². The average molecular weight is 256 g/mol. The summed E-state index contributed by atoms with van der Waals surface area (Å²) in [6.45, 7) is 9.22. The van der Waals surface area contributed by atoms with Gasteiger partial charge in [0.05, 0.1) is 11.4 Å². The molecule has 0 saturated carbocycles. The van der Waals surface area contributed by atoms with Gasteiger partial charge in [-0.2, -0.15) is 0 Å². The minimum Gasteiger partial charge on any atom is -0.370 e. The van der Waals surface area contributed by atoms with E-state index in [-0.39, 0.29) is 5.41 Å². The summed E-state index contributed by atoms with van der Waals surface area (Å²) < 4.78 is 0. The Morgan fingerprint density at radius 3 is 2.47 bits per heavy atom. The van der Waals surface area contributed by atoms with Gasteiger partial charge in [0, 0.05) is 24.2 Å². The molecule has 0 fully saturated rings. The average Bonchev–Trinajstić information content (AvgIpc) is 2.39. The molecule has 0 aliphatic carbocycles. The predicted octanol–water partition coefficient (Wildman–Crippen LogP) is 3.27. The van der Waals surface area contributed by atoms with Gasteiger partial charge in [-0.05, 0) is 19.1 Å². The Hall–Kier alpha value is -1.97. The highest BCUT2D eigenvalue weighted by Gasteiger charge is 2.19. The number of hydrogen-bond donors (Lipinski definition) is 1. The van der Waals surface area contributed by atoms with Crippen LogP contribution in [0.2, 0.25) is 0 Å². The maximum absolute atomic E-state index is 4.64. The summed E-state index contributed by atoms with van der Waals surface area (Å²) in [7, 11) is 0. The van der Waals surface area contributed by atoms with Crippen LogP contribution in [0.1, 0.15) is 33.5 Å². The summed E-state index contributed by atoms with van der Waals surface area (Å²) in [5.41, 5.74) is 1.64. The molecule has 0 aliphatic heterocycles. The summed E-state index contributed by atoms with van der Waals surface area (Å²) in [5.74, 6) is 1.68. The van der Waals surface area contributed by atoms with Crippen LogP contribution >= 0.6 is 0 Å². The van der Waals surface area contributed by atoms with E-state index < -0.39 is 0 Å². The van der Waals surface area contributed by atoms with Crippen LogP contribution < -0.4 is 5.32 Å². The monoisotopic (exact) mass is 256 g/mol. The molecule has 2 heterocycles. The lowest BCUT2D eigenvalue weighted by molar-refractivity contribution is 0.546. The summed E-state index contributed by atoms with van der Waals surface area (Å²) in [6.07, 6.45) is 1.78. The number of pyridine rings is 1. The molecule has 4 nitrogen and oxygen atoms in total. The van der Waals surface area contributed by atoms with Crippen molar-refractivity contribution in [3.8, 4) is 11.4 Å². The highest BCUT2D eigenvalue weighted by atomic mass is 15.0. The fraction of sp³-hybridized carbons (Fsp3) is 0.400. The first-order chi connectivity index (χ1) is 9.00. The summed E-state index contributed by atoms with van der Waals surface area (Å²) in [6, 6.07) is 7.78. The number of hydrogen-bond acceptors (Lipinski definition) is 4. The minimum atomic E-state index is -0.0883. The van der Waals surface area contributed by atoms with Gasteiger partial charge in [0.15, 0.2) is 0 Å². The third-order valence-electron chi connectivity index (χ3n) is 2.68. The van der Waals surface area contributed by atoms with E-state index in [1.54, 1.807) is 6.20 Å². The lowest BCUT2D eigenvalue weighted by Crippen LogP contribution is -2.17. The Labute approximate surface area is 114 Å². The van der Waals surface area contributed by atoms with Crippen LogP contribution in [0.15, 0.2) is 30.5 Å². The van der Waals surface area contributed by atoms with Crippen molar-refractivity contribution in [3.05, 3.63) is 36.3 Å². The van der Waals surface area contributed by atoms with E-state index in [0.717, 1.165) is 29.6 Å². The van der Waals surface area contributed by atoms with Gasteiger partial charge < -0.3 is 5.32 Å². The second-order valence-electron chi connectivity index (χ2n) is 5.46. The minimum absolute atomic E-state index is 0.0883.